The summed E-state index contributed by atoms with van der Waals surface area (Å²) in [5, 5.41) is 8.97. The third-order valence-electron chi connectivity index (χ3n) is 5.69. The van der Waals surface area contributed by atoms with Gasteiger partial charge in [0.2, 0.25) is 5.91 Å². The molecule has 1 heterocycles. The first-order chi connectivity index (χ1) is 13.1. The van der Waals surface area contributed by atoms with Crippen LogP contribution in [0.15, 0.2) is 48.6 Å². The lowest BCUT2D eigenvalue weighted by Crippen LogP contribution is -2.33. The summed E-state index contributed by atoms with van der Waals surface area (Å²) in [6.07, 6.45) is 17.6. The van der Waals surface area contributed by atoms with Crippen LogP contribution in [0.25, 0.3) is 0 Å². The second kappa shape index (κ2) is 9.54. The van der Waals surface area contributed by atoms with E-state index in [1.165, 1.54) is 32.1 Å². The molecule has 1 aliphatic heterocycles. The first kappa shape index (κ1) is 19.4. The van der Waals surface area contributed by atoms with Crippen molar-refractivity contribution in [3.63, 3.8) is 0 Å². The zero-order valence-corrected chi connectivity index (χ0v) is 15.8. The predicted octanol–water partition coefficient (Wildman–Crippen LogP) is 4.61. The number of allylic oxidation sites excluding steroid dienone is 3. The SMILES string of the molecule is O=C(O)c1ccc(CCN2C(=O)CC[C@@H]2/C=C/C=C/C2CCCCC2)cc1. The van der Waals surface area contributed by atoms with E-state index in [1.807, 2.05) is 17.0 Å². The Bertz CT molecular complexity index is 699. The van der Waals surface area contributed by atoms with E-state index >= 15 is 0 Å². The summed E-state index contributed by atoms with van der Waals surface area (Å²) in [4.78, 5) is 25.1. The number of hydrogen-bond donors (Lipinski definition) is 1. The Morgan fingerprint density at radius 1 is 1.04 bits per heavy atom. The molecule has 1 atom stereocenters. The summed E-state index contributed by atoms with van der Waals surface area (Å²) in [6, 6.07) is 7.09. The lowest BCUT2D eigenvalue weighted by atomic mass is 9.89. The molecule has 1 saturated carbocycles. The van der Waals surface area contributed by atoms with Crippen molar-refractivity contribution >= 4 is 11.9 Å². The molecule has 0 aromatic heterocycles. The van der Waals surface area contributed by atoms with E-state index < -0.39 is 5.97 Å². The van der Waals surface area contributed by atoms with Gasteiger partial charge in [0.1, 0.15) is 0 Å². The Kier molecular flexibility index (Phi) is 6.86. The number of nitrogens with zero attached hydrogens (tertiary/aromatic N) is 1. The Labute approximate surface area is 161 Å². The third kappa shape index (κ3) is 5.56. The van der Waals surface area contributed by atoms with Crippen molar-refractivity contribution in [1.29, 1.82) is 0 Å². The molecule has 0 bridgehead atoms. The number of aromatic carboxylic acids is 1. The molecule has 27 heavy (non-hydrogen) atoms. The molecule has 1 aromatic rings. The molecule has 0 radical (unpaired) electrons. The fourth-order valence-corrected chi connectivity index (χ4v) is 4.05. The van der Waals surface area contributed by atoms with Crippen LogP contribution in [0.1, 0.15) is 60.9 Å². The molecule has 1 N–H and O–H groups in total. The molecule has 2 fully saturated rings. The number of carbonyl (C=O) groups excluding carboxylic acids is 1. The standard InChI is InChI=1S/C23H29NO3/c25-22-15-14-21(9-5-4-8-18-6-2-1-3-7-18)24(22)17-16-19-10-12-20(13-11-19)23(26)27/h4-5,8-13,18,21H,1-3,6-7,14-17H2,(H,26,27)/b8-4+,9-5+/t21-/m0/s1. The van der Waals surface area contributed by atoms with Crippen molar-refractivity contribution in [2.24, 2.45) is 5.92 Å². The maximum atomic E-state index is 12.2. The Morgan fingerprint density at radius 2 is 1.74 bits per heavy atom. The van der Waals surface area contributed by atoms with Gasteiger partial charge in [-0.25, -0.2) is 4.79 Å². The van der Waals surface area contributed by atoms with Gasteiger partial charge in [0.15, 0.2) is 0 Å². The number of carboxylic acid groups (broad SMARTS) is 1. The van der Waals surface area contributed by atoms with E-state index in [0.717, 1.165) is 24.3 Å². The van der Waals surface area contributed by atoms with Gasteiger partial charge in [0, 0.05) is 13.0 Å². The summed E-state index contributed by atoms with van der Waals surface area (Å²) in [5.74, 6) is 0.0179. The zero-order valence-electron chi connectivity index (χ0n) is 15.8. The van der Waals surface area contributed by atoms with Crippen LogP contribution in [0, 0.1) is 5.92 Å². The molecule has 2 aliphatic rings. The molecule has 3 rings (SSSR count). The third-order valence-corrected chi connectivity index (χ3v) is 5.69. The Balaban J connectivity index is 1.51. The normalized spacial score (nSPS) is 21.6. The number of amides is 1. The highest BCUT2D eigenvalue weighted by atomic mass is 16.4. The topological polar surface area (TPSA) is 57.6 Å². The molecular weight excluding hydrogens is 338 g/mol. The van der Waals surface area contributed by atoms with E-state index in [9.17, 15) is 9.59 Å². The van der Waals surface area contributed by atoms with E-state index in [0.29, 0.717) is 18.5 Å². The molecule has 144 valence electrons. The summed E-state index contributed by atoms with van der Waals surface area (Å²) in [5.41, 5.74) is 1.35. The molecule has 1 aromatic carbocycles. The summed E-state index contributed by atoms with van der Waals surface area (Å²) >= 11 is 0. The number of likely N-dealkylation sites (tertiary alicyclic amines) is 1. The molecule has 1 amide bonds. The van der Waals surface area contributed by atoms with Crippen LogP contribution in [0.2, 0.25) is 0 Å². The fourth-order valence-electron chi connectivity index (χ4n) is 4.05. The minimum atomic E-state index is -0.914. The average Bonchev–Trinajstić information content (AvgIpc) is 3.04. The first-order valence-corrected chi connectivity index (χ1v) is 10.1. The van der Waals surface area contributed by atoms with Crippen molar-refractivity contribution in [2.45, 2.75) is 57.4 Å². The summed E-state index contributed by atoms with van der Waals surface area (Å²) in [7, 11) is 0. The fraction of sp³-hybridized carbons (Fsp3) is 0.478. The molecule has 1 saturated heterocycles. The van der Waals surface area contributed by atoms with Gasteiger partial charge < -0.3 is 10.0 Å². The van der Waals surface area contributed by atoms with Crippen molar-refractivity contribution in [1.82, 2.24) is 4.90 Å². The number of rotatable bonds is 7. The van der Waals surface area contributed by atoms with Gasteiger partial charge in [-0.1, -0.05) is 55.7 Å². The van der Waals surface area contributed by atoms with Crippen LogP contribution in [-0.2, 0) is 11.2 Å². The number of hydrogen-bond acceptors (Lipinski definition) is 2. The minimum Gasteiger partial charge on any atom is -0.478 e. The van der Waals surface area contributed by atoms with Gasteiger partial charge >= 0.3 is 5.97 Å². The van der Waals surface area contributed by atoms with Crippen LogP contribution >= 0.6 is 0 Å². The van der Waals surface area contributed by atoms with Gasteiger partial charge in [-0.15, -0.1) is 0 Å². The van der Waals surface area contributed by atoms with Gasteiger partial charge in [-0.2, -0.15) is 0 Å². The smallest absolute Gasteiger partial charge is 0.335 e. The van der Waals surface area contributed by atoms with Crippen molar-refractivity contribution < 1.29 is 14.7 Å². The van der Waals surface area contributed by atoms with Gasteiger partial charge in [-0.05, 0) is 49.3 Å². The van der Waals surface area contributed by atoms with Gasteiger partial charge in [0.25, 0.3) is 0 Å². The maximum absolute atomic E-state index is 12.2. The van der Waals surface area contributed by atoms with Gasteiger partial charge in [0.05, 0.1) is 11.6 Å². The second-order valence-electron chi connectivity index (χ2n) is 7.61. The highest BCUT2D eigenvalue weighted by molar-refractivity contribution is 5.87. The largest absolute Gasteiger partial charge is 0.478 e. The van der Waals surface area contributed by atoms with E-state index in [1.54, 1.807) is 12.1 Å². The van der Waals surface area contributed by atoms with Gasteiger partial charge in [-0.3, -0.25) is 4.79 Å². The quantitative estimate of drug-likeness (QED) is 0.716. The monoisotopic (exact) mass is 367 g/mol. The van der Waals surface area contributed by atoms with Crippen molar-refractivity contribution in [2.75, 3.05) is 6.54 Å². The van der Waals surface area contributed by atoms with Crippen LogP contribution in [-0.4, -0.2) is 34.5 Å². The summed E-state index contributed by atoms with van der Waals surface area (Å²) < 4.78 is 0. The maximum Gasteiger partial charge on any atom is 0.335 e. The molecule has 4 nitrogen and oxygen atoms in total. The Morgan fingerprint density at radius 3 is 2.44 bits per heavy atom. The van der Waals surface area contributed by atoms with Crippen LogP contribution in [0.5, 0.6) is 0 Å². The van der Waals surface area contributed by atoms with E-state index in [2.05, 4.69) is 24.3 Å². The lowest BCUT2D eigenvalue weighted by molar-refractivity contribution is -0.128. The second-order valence-corrected chi connectivity index (χ2v) is 7.61. The lowest BCUT2D eigenvalue weighted by Gasteiger charge is -2.22. The molecule has 0 unspecified atom stereocenters. The highest BCUT2D eigenvalue weighted by Crippen LogP contribution is 2.25. The van der Waals surface area contributed by atoms with Crippen molar-refractivity contribution in [3.05, 3.63) is 59.7 Å². The van der Waals surface area contributed by atoms with E-state index in [4.69, 9.17) is 5.11 Å². The molecule has 0 spiro atoms. The predicted molar refractivity (Wildman–Crippen MR) is 107 cm³/mol. The average molecular weight is 367 g/mol. The number of carboxylic acids is 1. The van der Waals surface area contributed by atoms with Crippen LogP contribution < -0.4 is 0 Å². The summed E-state index contributed by atoms with van der Waals surface area (Å²) in [6.45, 7) is 0.673. The van der Waals surface area contributed by atoms with Crippen LogP contribution in [0.3, 0.4) is 0 Å². The highest BCUT2D eigenvalue weighted by Gasteiger charge is 2.28. The van der Waals surface area contributed by atoms with Crippen molar-refractivity contribution in [3.8, 4) is 0 Å². The number of benzene rings is 1. The van der Waals surface area contributed by atoms with E-state index in [-0.39, 0.29) is 11.9 Å². The first-order valence-electron chi connectivity index (χ1n) is 10.1. The minimum absolute atomic E-state index is 0.173. The number of carbonyl (C=O) groups is 2. The molecular formula is C23H29NO3. The molecule has 4 heteroatoms. The Hall–Kier alpha value is -2.36. The molecule has 1 aliphatic carbocycles. The zero-order chi connectivity index (χ0) is 19.1. The van der Waals surface area contributed by atoms with Crippen LogP contribution in [0.4, 0.5) is 0 Å².